The van der Waals surface area contributed by atoms with Gasteiger partial charge in [0.05, 0.1) is 23.4 Å². The molecule has 0 aliphatic rings. The Morgan fingerprint density at radius 1 is 1.25 bits per heavy atom. The number of aromatic nitrogens is 3. The smallest absolute Gasteiger partial charge is 0.349 e. The number of nitrogens with zero attached hydrogens (tertiary/aromatic N) is 2. The SMILES string of the molecule is COc1cccc(CCNC(=O)c2cc(-n3ncc(=O)[nH]c3=O)ccc2Cl)c1. The topological polar surface area (TPSA) is 106 Å². The third-order valence-electron chi connectivity index (χ3n) is 3.99. The number of methoxy groups -OCH3 is 1. The van der Waals surface area contributed by atoms with Crippen molar-refractivity contribution in [3.8, 4) is 11.4 Å². The molecule has 0 bridgehead atoms. The molecule has 0 atom stereocenters. The molecule has 1 amide bonds. The lowest BCUT2D eigenvalue weighted by molar-refractivity contribution is 0.0954. The van der Waals surface area contributed by atoms with Crippen LogP contribution >= 0.6 is 11.6 Å². The Morgan fingerprint density at radius 2 is 2.07 bits per heavy atom. The van der Waals surface area contributed by atoms with Crippen molar-refractivity contribution in [2.75, 3.05) is 13.7 Å². The summed E-state index contributed by atoms with van der Waals surface area (Å²) >= 11 is 6.14. The van der Waals surface area contributed by atoms with Gasteiger partial charge in [-0.1, -0.05) is 23.7 Å². The summed E-state index contributed by atoms with van der Waals surface area (Å²) in [4.78, 5) is 37.7. The predicted octanol–water partition coefficient (Wildman–Crippen LogP) is 1.56. The second-order valence-corrected chi connectivity index (χ2v) is 6.28. The van der Waals surface area contributed by atoms with E-state index in [1.807, 2.05) is 24.3 Å². The summed E-state index contributed by atoms with van der Waals surface area (Å²) in [6, 6.07) is 12.0. The van der Waals surface area contributed by atoms with Gasteiger partial charge in [0.25, 0.3) is 11.5 Å². The van der Waals surface area contributed by atoms with E-state index in [0.717, 1.165) is 22.2 Å². The molecule has 1 aromatic heterocycles. The first-order valence-electron chi connectivity index (χ1n) is 8.37. The molecular formula is C19H17ClN4O4. The van der Waals surface area contributed by atoms with E-state index < -0.39 is 11.2 Å². The van der Waals surface area contributed by atoms with Gasteiger partial charge in [-0.15, -0.1) is 0 Å². The molecule has 0 spiro atoms. The van der Waals surface area contributed by atoms with Crippen molar-refractivity contribution < 1.29 is 9.53 Å². The zero-order valence-electron chi connectivity index (χ0n) is 14.9. The summed E-state index contributed by atoms with van der Waals surface area (Å²) in [5.41, 5.74) is 0.210. The second-order valence-electron chi connectivity index (χ2n) is 5.87. The van der Waals surface area contributed by atoms with E-state index in [2.05, 4.69) is 15.4 Å². The molecule has 0 fully saturated rings. The Bertz CT molecular complexity index is 1120. The number of nitrogens with one attached hydrogen (secondary N) is 2. The van der Waals surface area contributed by atoms with Crippen LogP contribution in [0.1, 0.15) is 15.9 Å². The molecule has 0 unspecified atom stereocenters. The van der Waals surface area contributed by atoms with Gasteiger partial charge in [-0.3, -0.25) is 14.6 Å². The summed E-state index contributed by atoms with van der Waals surface area (Å²) in [5, 5.41) is 6.80. The summed E-state index contributed by atoms with van der Waals surface area (Å²) in [5.74, 6) is 0.366. The number of H-pyrrole nitrogens is 1. The van der Waals surface area contributed by atoms with Gasteiger partial charge in [-0.05, 0) is 42.3 Å². The summed E-state index contributed by atoms with van der Waals surface area (Å²) in [6.07, 6.45) is 1.59. The van der Waals surface area contributed by atoms with Crippen LogP contribution in [0.3, 0.4) is 0 Å². The highest BCUT2D eigenvalue weighted by Gasteiger charge is 2.13. The lowest BCUT2D eigenvalue weighted by Gasteiger charge is -2.10. The van der Waals surface area contributed by atoms with E-state index >= 15 is 0 Å². The van der Waals surface area contributed by atoms with Gasteiger partial charge in [-0.25, -0.2) is 4.79 Å². The molecule has 1 heterocycles. The highest BCUT2D eigenvalue weighted by molar-refractivity contribution is 6.33. The first-order chi connectivity index (χ1) is 13.5. The minimum Gasteiger partial charge on any atom is -0.497 e. The number of hydrogen-bond donors (Lipinski definition) is 2. The number of carbonyl (C=O) groups excluding carboxylic acids is 1. The molecule has 0 radical (unpaired) electrons. The third-order valence-corrected chi connectivity index (χ3v) is 4.32. The number of hydrogen-bond acceptors (Lipinski definition) is 5. The normalized spacial score (nSPS) is 10.5. The van der Waals surface area contributed by atoms with Crippen molar-refractivity contribution in [3.63, 3.8) is 0 Å². The van der Waals surface area contributed by atoms with E-state index in [1.54, 1.807) is 7.11 Å². The second kappa shape index (κ2) is 8.53. The zero-order chi connectivity index (χ0) is 20.1. The molecule has 0 saturated heterocycles. The van der Waals surface area contributed by atoms with Crippen molar-refractivity contribution in [1.82, 2.24) is 20.1 Å². The maximum absolute atomic E-state index is 12.5. The van der Waals surface area contributed by atoms with Gasteiger partial charge < -0.3 is 10.1 Å². The molecule has 8 nitrogen and oxygen atoms in total. The van der Waals surface area contributed by atoms with Crippen LogP contribution in [0.5, 0.6) is 5.75 Å². The van der Waals surface area contributed by atoms with Gasteiger partial charge in [0, 0.05) is 6.54 Å². The molecule has 9 heteroatoms. The zero-order valence-corrected chi connectivity index (χ0v) is 15.7. The average molecular weight is 401 g/mol. The molecule has 28 heavy (non-hydrogen) atoms. The highest BCUT2D eigenvalue weighted by Crippen LogP contribution is 2.19. The quantitative estimate of drug-likeness (QED) is 0.653. The van der Waals surface area contributed by atoms with Crippen LogP contribution in [0, 0.1) is 0 Å². The van der Waals surface area contributed by atoms with E-state index in [1.165, 1.54) is 18.2 Å². The molecular weight excluding hydrogens is 384 g/mol. The summed E-state index contributed by atoms with van der Waals surface area (Å²) < 4.78 is 6.16. The minimum absolute atomic E-state index is 0.199. The standard InChI is InChI=1S/C19H17ClN4O4/c1-28-14-4-2-3-12(9-14)7-8-21-18(26)15-10-13(5-6-16(15)20)24-19(27)23-17(25)11-22-24/h2-6,9-11H,7-8H2,1H3,(H,21,26)(H,23,25,27). The fourth-order valence-electron chi connectivity index (χ4n) is 2.60. The van der Waals surface area contributed by atoms with Crippen LogP contribution in [0.4, 0.5) is 0 Å². The van der Waals surface area contributed by atoms with Crippen LogP contribution in [0.15, 0.2) is 58.3 Å². The summed E-state index contributed by atoms with van der Waals surface area (Å²) in [6.45, 7) is 0.392. The maximum atomic E-state index is 12.5. The lowest BCUT2D eigenvalue weighted by atomic mass is 10.1. The average Bonchev–Trinajstić information content (AvgIpc) is 2.69. The first kappa shape index (κ1) is 19.4. The van der Waals surface area contributed by atoms with Crippen molar-refractivity contribution in [2.24, 2.45) is 0 Å². The van der Waals surface area contributed by atoms with E-state index in [4.69, 9.17) is 16.3 Å². The van der Waals surface area contributed by atoms with Crippen molar-refractivity contribution in [1.29, 1.82) is 0 Å². The highest BCUT2D eigenvalue weighted by atomic mass is 35.5. The Balaban J connectivity index is 1.74. The van der Waals surface area contributed by atoms with Gasteiger partial charge in [-0.2, -0.15) is 9.78 Å². The molecule has 0 aliphatic carbocycles. The fraction of sp³-hybridized carbons (Fsp3) is 0.158. The summed E-state index contributed by atoms with van der Waals surface area (Å²) in [7, 11) is 1.60. The molecule has 144 valence electrons. The number of rotatable bonds is 6. The molecule has 0 aliphatic heterocycles. The van der Waals surface area contributed by atoms with Gasteiger partial charge >= 0.3 is 5.69 Å². The number of ether oxygens (including phenoxy) is 1. The Hall–Kier alpha value is -3.39. The van der Waals surface area contributed by atoms with Gasteiger partial charge in [0.15, 0.2) is 0 Å². The van der Waals surface area contributed by atoms with Gasteiger partial charge in [0.2, 0.25) is 0 Å². The van der Waals surface area contributed by atoms with Crippen LogP contribution in [-0.4, -0.2) is 34.3 Å². The number of carbonyl (C=O) groups is 1. The lowest BCUT2D eigenvalue weighted by Crippen LogP contribution is -2.31. The monoisotopic (exact) mass is 400 g/mol. The van der Waals surface area contributed by atoms with Crippen LogP contribution in [0.25, 0.3) is 5.69 Å². The van der Waals surface area contributed by atoms with Gasteiger partial charge in [0.1, 0.15) is 11.9 Å². The van der Waals surface area contributed by atoms with Crippen LogP contribution in [-0.2, 0) is 6.42 Å². The third kappa shape index (κ3) is 4.47. The Kier molecular flexibility index (Phi) is 5.90. The number of aromatic amines is 1. The Morgan fingerprint density at radius 3 is 2.82 bits per heavy atom. The first-order valence-corrected chi connectivity index (χ1v) is 8.75. The number of amides is 1. The maximum Gasteiger partial charge on any atom is 0.349 e. The fourth-order valence-corrected chi connectivity index (χ4v) is 2.80. The molecule has 3 aromatic rings. The number of benzene rings is 2. The molecule has 2 aromatic carbocycles. The van der Waals surface area contributed by atoms with E-state index in [0.29, 0.717) is 18.7 Å². The van der Waals surface area contributed by atoms with Crippen molar-refractivity contribution in [3.05, 3.63) is 85.6 Å². The minimum atomic E-state index is -0.709. The van der Waals surface area contributed by atoms with Crippen LogP contribution in [0.2, 0.25) is 5.02 Å². The van der Waals surface area contributed by atoms with Crippen LogP contribution < -0.4 is 21.3 Å². The number of halogens is 1. The largest absolute Gasteiger partial charge is 0.497 e. The van der Waals surface area contributed by atoms with Crippen molar-refractivity contribution in [2.45, 2.75) is 6.42 Å². The molecule has 3 rings (SSSR count). The molecule has 0 saturated carbocycles. The predicted molar refractivity (Wildman–Crippen MR) is 104 cm³/mol. The Labute approximate surface area is 164 Å². The molecule has 2 N–H and O–H groups in total. The van der Waals surface area contributed by atoms with Crippen molar-refractivity contribution >= 4 is 17.5 Å². The van der Waals surface area contributed by atoms with E-state index in [9.17, 15) is 14.4 Å². The van der Waals surface area contributed by atoms with E-state index in [-0.39, 0.29) is 16.5 Å².